The van der Waals surface area contributed by atoms with Crippen molar-refractivity contribution in [3.8, 4) is 11.3 Å². The number of aromatic nitrogens is 3. The van der Waals surface area contributed by atoms with Crippen LogP contribution in [0.2, 0.25) is 0 Å². The van der Waals surface area contributed by atoms with Crippen molar-refractivity contribution in [1.82, 2.24) is 14.8 Å². The predicted molar refractivity (Wildman–Crippen MR) is 58.2 cm³/mol. The van der Waals surface area contributed by atoms with E-state index < -0.39 is 0 Å². The van der Waals surface area contributed by atoms with E-state index in [-0.39, 0.29) is 0 Å². The van der Waals surface area contributed by atoms with Crippen LogP contribution in [0.4, 0.5) is 5.13 Å². The van der Waals surface area contributed by atoms with Gasteiger partial charge < -0.3 is 5.73 Å². The number of aryl methyl sites for hydroxylation is 2. The van der Waals surface area contributed by atoms with E-state index in [0.717, 1.165) is 22.6 Å². The second-order valence-corrected chi connectivity index (χ2v) is 4.13. The van der Waals surface area contributed by atoms with Crippen LogP contribution >= 0.6 is 11.3 Å². The van der Waals surface area contributed by atoms with Crippen LogP contribution in [0, 0.1) is 13.8 Å². The highest BCUT2D eigenvalue weighted by atomic mass is 32.1. The van der Waals surface area contributed by atoms with E-state index in [1.807, 2.05) is 31.0 Å². The second-order valence-electron chi connectivity index (χ2n) is 3.24. The van der Waals surface area contributed by atoms with Crippen LogP contribution in [0.1, 0.15) is 11.4 Å². The molecule has 2 aromatic heterocycles. The van der Waals surface area contributed by atoms with Crippen molar-refractivity contribution in [2.75, 3.05) is 5.73 Å². The molecular weight excluding hydrogens is 196 g/mol. The summed E-state index contributed by atoms with van der Waals surface area (Å²) in [7, 11) is 1.93. The third-order valence-corrected chi connectivity index (χ3v) is 2.96. The Bertz CT molecular complexity index is 469. The van der Waals surface area contributed by atoms with E-state index in [9.17, 15) is 0 Å². The molecule has 4 nitrogen and oxygen atoms in total. The minimum Gasteiger partial charge on any atom is -0.375 e. The van der Waals surface area contributed by atoms with Gasteiger partial charge in [-0.25, -0.2) is 4.98 Å². The summed E-state index contributed by atoms with van der Waals surface area (Å²) in [5.74, 6) is 0. The minimum absolute atomic E-state index is 0.600. The van der Waals surface area contributed by atoms with Crippen LogP contribution < -0.4 is 5.73 Å². The maximum absolute atomic E-state index is 5.60. The van der Waals surface area contributed by atoms with Crippen molar-refractivity contribution in [3.63, 3.8) is 0 Å². The Morgan fingerprint density at radius 1 is 1.43 bits per heavy atom. The summed E-state index contributed by atoms with van der Waals surface area (Å²) in [5, 5.41) is 6.90. The number of hydrogen-bond acceptors (Lipinski definition) is 4. The summed E-state index contributed by atoms with van der Waals surface area (Å²) in [6.07, 6.45) is 0. The Balaban J connectivity index is 2.61. The van der Waals surface area contributed by atoms with Crippen LogP contribution in [0.25, 0.3) is 11.3 Å². The van der Waals surface area contributed by atoms with Crippen molar-refractivity contribution < 1.29 is 0 Å². The molecule has 2 N–H and O–H groups in total. The van der Waals surface area contributed by atoms with Gasteiger partial charge in [-0.2, -0.15) is 5.10 Å². The van der Waals surface area contributed by atoms with Gasteiger partial charge in [-0.15, -0.1) is 11.3 Å². The predicted octanol–water partition coefficient (Wildman–Crippen LogP) is 1.74. The average molecular weight is 208 g/mol. The van der Waals surface area contributed by atoms with Crippen molar-refractivity contribution in [3.05, 3.63) is 16.8 Å². The molecule has 0 unspecified atom stereocenters. The summed E-state index contributed by atoms with van der Waals surface area (Å²) in [6.45, 7) is 4.02. The molecule has 0 aliphatic rings. The van der Waals surface area contributed by atoms with E-state index in [0.29, 0.717) is 5.13 Å². The van der Waals surface area contributed by atoms with Gasteiger partial charge in [-0.05, 0) is 13.8 Å². The molecule has 0 aromatic carbocycles. The smallest absolute Gasteiger partial charge is 0.180 e. The van der Waals surface area contributed by atoms with Gasteiger partial charge in [0.1, 0.15) is 0 Å². The quantitative estimate of drug-likeness (QED) is 0.776. The Morgan fingerprint density at radius 2 is 2.14 bits per heavy atom. The van der Waals surface area contributed by atoms with Crippen molar-refractivity contribution in [2.45, 2.75) is 13.8 Å². The highest BCUT2D eigenvalue weighted by Crippen LogP contribution is 2.28. The summed E-state index contributed by atoms with van der Waals surface area (Å²) >= 11 is 1.46. The van der Waals surface area contributed by atoms with E-state index in [4.69, 9.17) is 5.73 Å². The maximum atomic E-state index is 5.60. The van der Waals surface area contributed by atoms with Gasteiger partial charge in [0.15, 0.2) is 5.13 Å². The van der Waals surface area contributed by atoms with Gasteiger partial charge in [-0.3, -0.25) is 4.68 Å². The number of anilines is 1. The van der Waals surface area contributed by atoms with E-state index >= 15 is 0 Å². The lowest BCUT2D eigenvalue weighted by Crippen LogP contribution is -1.92. The van der Waals surface area contributed by atoms with Gasteiger partial charge in [0.25, 0.3) is 0 Å². The summed E-state index contributed by atoms with van der Waals surface area (Å²) in [6, 6.07) is 0. The van der Waals surface area contributed by atoms with Crippen molar-refractivity contribution in [1.29, 1.82) is 0 Å². The third-order valence-electron chi connectivity index (χ3n) is 2.29. The number of thiazole rings is 1. The molecule has 0 fully saturated rings. The first-order chi connectivity index (χ1) is 6.59. The zero-order valence-electron chi connectivity index (χ0n) is 8.40. The fourth-order valence-electron chi connectivity index (χ4n) is 1.55. The molecule has 0 atom stereocenters. The van der Waals surface area contributed by atoms with Crippen LogP contribution in [0.3, 0.4) is 0 Å². The lowest BCUT2D eigenvalue weighted by molar-refractivity contribution is 0.731. The monoisotopic (exact) mass is 208 g/mol. The zero-order chi connectivity index (χ0) is 10.3. The van der Waals surface area contributed by atoms with Gasteiger partial charge in [0.2, 0.25) is 0 Å². The summed E-state index contributed by atoms with van der Waals surface area (Å²) in [5.41, 5.74) is 9.74. The average Bonchev–Trinajstić information content (AvgIpc) is 2.60. The second kappa shape index (κ2) is 3.09. The van der Waals surface area contributed by atoms with Gasteiger partial charge in [0, 0.05) is 23.7 Å². The highest BCUT2D eigenvalue weighted by Gasteiger charge is 2.13. The Labute approximate surface area is 86.4 Å². The van der Waals surface area contributed by atoms with Crippen LogP contribution in [-0.2, 0) is 7.05 Å². The van der Waals surface area contributed by atoms with Crippen LogP contribution in [-0.4, -0.2) is 14.8 Å². The lowest BCUT2D eigenvalue weighted by Gasteiger charge is -1.96. The highest BCUT2D eigenvalue weighted by molar-refractivity contribution is 7.13. The molecule has 14 heavy (non-hydrogen) atoms. The van der Waals surface area contributed by atoms with Gasteiger partial charge in [0.05, 0.1) is 11.4 Å². The molecule has 0 aliphatic carbocycles. The largest absolute Gasteiger partial charge is 0.375 e. The molecular formula is C9H12N4S. The molecule has 0 radical (unpaired) electrons. The van der Waals surface area contributed by atoms with Crippen molar-refractivity contribution in [2.24, 2.45) is 7.05 Å². The Morgan fingerprint density at radius 3 is 2.57 bits per heavy atom. The number of nitrogen functional groups attached to an aromatic ring is 1. The SMILES string of the molecule is Cc1nn(C)c(C)c1-c1csc(N)n1. The number of rotatable bonds is 1. The van der Waals surface area contributed by atoms with Crippen LogP contribution in [0.15, 0.2) is 5.38 Å². The van der Waals surface area contributed by atoms with E-state index in [2.05, 4.69) is 10.1 Å². The normalized spacial score (nSPS) is 10.8. The van der Waals surface area contributed by atoms with Crippen molar-refractivity contribution >= 4 is 16.5 Å². The molecule has 5 heteroatoms. The standard InChI is InChI=1S/C9H12N4S/c1-5-8(6(2)13(3)12-5)7-4-14-9(10)11-7/h4H,1-3H3,(H2,10,11). The molecule has 74 valence electrons. The molecule has 2 aromatic rings. The van der Waals surface area contributed by atoms with Gasteiger partial charge in [-0.1, -0.05) is 0 Å². The molecule has 0 amide bonds. The van der Waals surface area contributed by atoms with Gasteiger partial charge >= 0.3 is 0 Å². The lowest BCUT2D eigenvalue weighted by atomic mass is 10.1. The first-order valence-corrected chi connectivity index (χ1v) is 5.19. The minimum atomic E-state index is 0.600. The zero-order valence-corrected chi connectivity index (χ0v) is 9.22. The topological polar surface area (TPSA) is 56.7 Å². The first-order valence-electron chi connectivity index (χ1n) is 4.31. The van der Waals surface area contributed by atoms with E-state index in [1.54, 1.807) is 0 Å². The Hall–Kier alpha value is -1.36. The third kappa shape index (κ3) is 1.29. The maximum Gasteiger partial charge on any atom is 0.180 e. The summed E-state index contributed by atoms with van der Waals surface area (Å²) in [4.78, 5) is 4.26. The molecule has 0 saturated heterocycles. The fraction of sp³-hybridized carbons (Fsp3) is 0.333. The fourth-order valence-corrected chi connectivity index (χ4v) is 2.10. The number of hydrogen-bond donors (Lipinski definition) is 1. The number of nitrogens with two attached hydrogens (primary N) is 1. The Kier molecular flexibility index (Phi) is 2.03. The summed E-state index contributed by atoms with van der Waals surface area (Å²) < 4.78 is 1.86. The number of nitrogens with zero attached hydrogens (tertiary/aromatic N) is 3. The van der Waals surface area contributed by atoms with E-state index in [1.165, 1.54) is 11.3 Å². The molecule has 0 bridgehead atoms. The molecule has 2 heterocycles. The molecule has 0 aliphatic heterocycles. The van der Waals surface area contributed by atoms with Crippen LogP contribution in [0.5, 0.6) is 0 Å². The first kappa shape index (κ1) is 9.21. The molecule has 2 rings (SSSR count). The molecule has 0 saturated carbocycles. The molecule has 0 spiro atoms.